The third kappa shape index (κ3) is 3.91. The molecule has 2 rings (SSSR count). The van der Waals surface area contributed by atoms with Crippen LogP contribution >= 0.6 is 0 Å². The fraction of sp³-hybridized carbons (Fsp3) is 0.250. The summed E-state index contributed by atoms with van der Waals surface area (Å²) in [6, 6.07) is 11.9. The number of likely N-dealkylation sites (N-methyl/N-ethyl adjacent to an activating group) is 1. The number of hydrogen-bond donors (Lipinski definition) is 0. The predicted molar refractivity (Wildman–Crippen MR) is 75.6 cm³/mol. The van der Waals surface area contributed by atoms with Crippen LogP contribution in [-0.2, 0) is 17.8 Å². The molecular formula is C16H18N2O. The highest BCUT2D eigenvalue weighted by atomic mass is 16.2. The lowest BCUT2D eigenvalue weighted by Gasteiger charge is -2.17. The molecule has 0 N–H and O–H groups in total. The minimum Gasteiger partial charge on any atom is -0.341 e. The SMILES string of the molecule is Cc1cccc(CC(=O)N(C)Cc2ccncc2)c1. The standard InChI is InChI=1S/C16H18N2O/c1-13-4-3-5-15(10-13)11-16(19)18(2)12-14-6-8-17-9-7-14/h3-10H,11-12H2,1-2H3. The smallest absolute Gasteiger partial charge is 0.227 e. The van der Waals surface area contributed by atoms with Crippen LogP contribution in [0.4, 0.5) is 0 Å². The average Bonchev–Trinajstić information content (AvgIpc) is 2.40. The summed E-state index contributed by atoms with van der Waals surface area (Å²) in [5, 5.41) is 0. The molecule has 1 aromatic heterocycles. The van der Waals surface area contributed by atoms with Crippen molar-refractivity contribution in [3.8, 4) is 0 Å². The zero-order valence-corrected chi connectivity index (χ0v) is 11.3. The highest BCUT2D eigenvalue weighted by Crippen LogP contribution is 2.08. The van der Waals surface area contributed by atoms with E-state index in [0.717, 1.165) is 11.1 Å². The first-order valence-corrected chi connectivity index (χ1v) is 6.33. The Bertz CT molecular complexity index is 552. The summed E-state index contributed by atoms with van der Waals surface area (Å²) >= 11 is 0. The van der Waals surface area contributed by atoms with Gasteiger partial charge in [-0.3, -0.25) is 9.78 Å². The fourth-order valence-electron chi connectivity index (χ4n) is 1.98. The van der Waals surface area contributed by atoms with Gasteiger partial charge < -0.3 is 4.90 Å². The summed E-state index contributed by atoms with van der Waals surface area (Å²) < 4.78 is 0. The minimum absolute atomic E-state index is 0.127. The topological polar surface area (TPSA) is 33.2 Å². The van der Waals surface area contributed by atoms with Crippen LogP contribution in [0.25, 0.3) is 0 Å². The monoisotopic (exact) mass is 254 g/mol. The third-order valence-electron chi connectivity index (χ3n) is 3.03. The molecular weight excluding hydrogens is 236 g/mol. The molecule has 0 atom stereocenters. The molecule has 3 nitrogen and oxygen atoms in total. The number of benzene rings is 1. The molecule has 0 saturated heterocycles. The van der Waals surface area contributed by atoms with E-state index >= 15 is 0 Å². The Morgan fingerprint density at radius 1 is 1.16 bits per heavy atom. The molecule has 3 heteroatoms. The van der Waals surface area contributed by atoms with Crippen LogP contribution in [0.15, 0.2) is 48.8 Å². The van der Waals surface area contributed by atoms with Crippen LogP contribution in [-0.4, -0.2) is 22.8 Å². The van der Waals surface area contributed by atoms with Gasteiger partial charge in [0.1, 0.15) is 0 Å². The van der Waals surface area contributed by atoms with Crippen LogP contribution in [0.1, 0.15) is 16.7 Å². The highest BCUT2D eigenvalue weighted by molar-refractivity contribution is 5.78. The first-order chi connectivity index (χ1) is 9.15. The van der Waals surface area contributed by atoms with E-state index in [0.29, 0.717) is 13.0 Å². The molecule has 0 saturated carbocycles. The average molecular weight is 254 g/mol. The molecule has 19 heavy (non-hydrogen) atoms. The fourth-order valence-corrected chi connectivity index (χ4v) is 1.98. The molecule has 0 fully saturated rings. The number of carbonyl (C=O) groups excluding carboxylic acids is 1. The Hall–Kier alpha value is -2.16. The maximum atomic E-state index is 12.1. The van der Waals surface area contributed by atoms with Crippen molar-refractivity contribution < 1.29 is 4.79 Å². The van der Waals surface area contributed by atoms with Crippen LogP contribution in [0.2, 0.25) is 0 Å². The number of pyridine rings is 1. The van der Waals surface area contributed by atoms with Crippen molar-refractivity contribution >= 4 is 5.91 Å². The van der Waals surface area contributed by atoms with E-state index in [1.54, 1.807) is 17.3 Å². The molecule has 0 radical (unpaired) electrons. The van der Waals surface area contributed by atoms with Gasteiger partial charge in [0.05, 0.1) is 6.42 Å². The third-order valence-corrected chi connectivity index (χ3v) is 3.03. The maximum Gasteiger partial charge on any atom is 0.227 e. The van der Waals surface area contributed by atoms with Crippen molar-refractivity contribution in [2.45, 2.75) is 19.9 Å². The summed E-state index contributed by atoms with van der Waals surface area (Å²) in [4.78, 5) is 17.9. The van der Waals surface area contributed by atoms with E-state index in [-0.39, 0.29) is 5.91 Å². The Balaban J connectivity index is 1.96. The van der Waals surface area contributed by atoms with E-state index < -0.39 is 0 Å². The van der Waals surface area contributed by atoms with Crippen LogP contribution in [0.3, 0.4) is 0 Å². The summed E-state index contributed by atoms with van der Waals surface area (Å²) in [5.74, 6) is 0.127. The zero-order chi connectivity index (χ0) is 13.7. The maximum absolute atomic E-state index is 12.1. The first-order valence-electron chi connectivity index (χ1n) is 6.33. The number of aromatic nitrogens is 1. The zero-order valence-electron chi connectivity index (χ0n) is 11.3. The van der Waals surface area contributed by atoms with E-state index in [1.165, 1.54) is 5.56 Å². The minimum atomic E-state index is 0.127. The Morgan fingerprint density at radius 3 is 2.58 bits per heavy atom. The summed E-state index contributed by atoms with van der Waals surface area (Å²) in [7, 11) is 1.83. The van der Waals surface area contributed by atoms with Gasteiger partial charge in [-0.2, -0.15) is 0 Å². The predicted octanol–water partition coefficient (Wildman–Crippen LogP) is 2.59. The van der Waals surface area contributed by atoms with Gasteiger partial charge in [-0.05, 0) is 30.2 Å². The summed E-state index contributed by atoms with van der Waals surface area (Å²) in [6.45, 7) is 2.65. The normalized spacial score (nSPS) is 10.2. The van der Waals surface area contributed by atoms with Crippen molar-refractivity contribution in [2.24, 2.45) is 0 Å². The highest BCUT2D eigenvalue weighted by Gasteiger charge is 2.10. The lowest BCUT2D eigenvalue weighted by atomic mass is 10.1. The molecule has 0 aliphatic heterocycles. The van der Waals surface area contributed by atoms with Gasteiger partial charge >= 0.3 is 0 Å². The van der Waals surface area contributed by atoms with Gasteiger partial charge in [0.2, 0.25) is 5.91 Å². The second-order valence-electron chi connectivity index (χ2n) is 4.77. The first kappa shape index (κ1) is 13.3. The number of nitrogens with zero attached hydrogens (tertiary/aromatic N) is 2. The lowest BCUT2D eigenvalue weighted by molar-refractivity contribution is -0.129. The molecule has 1 heterocycles. The molecule has 0 unspecified atom stereocenters. The van der Waals surface area contributed by atoms with Gasteiger partial charge in [-0.25, -0.2) is 0 Å². The molecule has 98 valence electrons. The molecule has 0 aliphatic rings. The molecule has 0 aliphatic carbocycles. The van der Waals surface area contributed by atoms with Gasteiger partial charge in [0.15, 0.2) is 0 Å². The second kappa shape index (κ2) is 6.14. The van der Waals surface area contributed by atoms with Gasteiger partial charge in [0.25, 0.3) is 0 Å². The van der Waals surface area contributed by atoms with Crippen LogP contribution in [0.5, 0.6) is 0 Å². The number of hydrogen-bond acceptors (Lipinski definition) is 2. The molecule has 1 amide bonds. The van der Waals surface area contributed by atoms with Crippen molar-refractivity contribution in [1.82, 2.24) is 9.88 Å². The van der Waals surface area contributed by atoms with Gasteiger partial charge in [0, 0.05) is 26.0 Å². The quantitative estimate of drug-likeness (QED) is 0.840. The van der Waals surface area contributed by atoms with Crippen molar-refractivity contribution in [1.29, 1.82) is 0 Å². The van der Waals surface area contributed by atoms with E-state index in [1.807, 2.05) is 44.3 Å². The summed E-state index contributed by atoms with van der Waals surface area (Å²) in [5.41, 5.74) is 3.34. The number of aryl methyl sites for hydroxylation is 1. The Morgan fingerprint density at radius 2 is 1.89 bits per heavy atom. The molecule has 0 bridgehead atoms. The second-order valence-corrected chi connectivity index (χ2v) is 4.77. The van der Waals surface area contributed by atoms with E-state index in [9.17, 15) is 4.79 Å². The molecule has 2 aromatic rings. The summed E-state index contributed by atoms with van der Waals surface area (Å²) in [6.07, 6.45) is 3.94. The molecule has 1 aromatic carbocycles. The Labute approximate surface area is 113 Å². The van der Waals surface area contributed by atoms with Crippen LogP contribution in [0, 0.1) is 6.92 Å². The number of carbonyl (C=O) groups is 1. The Kier molecular flexibility index (Phi) is 4.29. The van der Waals surface area contributed by atoms with Gasteiger partial charge in [-0.1, -0.05) is 29.8 Å². The van der Waals surface area contributed by atoms with Crippen molar-refractivity contribution in [3.05, 3.63) is 65.5 Å². The van der Waals surface area contributed by atoms with Gasteiger partial charge in [-0.15, -0.1) is 0 Å². The lowest BCUT2D eigenvalue weighted by Crippen LogP contribution is -2.27. The molecule has 0 spiro atoms. The van der Waals surface area contributed by atoms with E-state index in [4.69, 9.17) is 0 Å². The van der Waals surface area contributed by atoms with Crippen LogP contribution < -0.4 is 0 Å². The van der Waals surface area contributed by atoms with E-state index in [2.05, 4.69) is 11.1 Å². The number of amides is 1. The van der Waals surface area contributed by atoms with Crippen molar-refractivity contribution in [2.75, 3.05) is 7.05 Å². The van der Waals surface area contributed by atoms with Crippen molar-refractivity contribution in [3.63, 3.8) is 0 Å². The number of rotatable bonds is 4. The largest absolute Gasteiger partial charge is 0.341 e.